The second-order valence-electron chi connectivity index (χ2n) is 9.78. The molecule has 0 aliphatic rings. The van der Waals surface area contributed by atoms with Crippen molar-refractivity contribution < 1.29 is 23.8 Å². The van der Waals surface area contributed by atoms with E-state index in [1.54, 1.807) is 69.0 Å². The Morgan fingerprint density at radius 3 is 2.55 bits per heavy atom. The van der Waals surface area contributed by atoms with Gasteiger partial charge in [-0.05, 0) is 65.0 Å². The number of hydrogen-bond acceptors (Lipinski definition) is 8. The molecule has 210 valence electrons. The van der Waals surface area contributed by atoms with Crippen molar-refractivity contribution in [2.24, 2.45) is 0 Å². The minimum atomic E-state index is -0.690. The number of nitrogens with zero attached hydrogens (tertiary/aromatic N) is 4. The van der Waals surface area contributed by atoms with E-state index < -0.39 is 17.7 Å². The van der Waals surface area contributed by atoms with Crippen LogP contribution in [0.25, 0.3) is 27.8 Å². The van der Waals surface area contributed by atoms with Crippen LogP contribution in [0.3, 0.4) is 0 Å². The van der Waals surface area contributed by atoms with E-state index in [1.807, 2.05) is 6.92 Å². The van der Waals surface area contributed by atoms with Crippen molar-refractivity contribution in [2.75, 3.05) is 13.2 Å². The summed E-state index contributed by atoms with van der Waals surface area (Å²) < 4.78 is 17.8. The number of nitrogens with one attached hydrogen (secondary N) is 1. The molecule has 0 atom stereocenters. The first-order chi connectivity index (χ1) is 19.0. The Kier molecular flexibility index (Phi) is 8.80. The third kappa shape index (κ3) is 6.63. The molecule has 2 heterocycles. The number of halogens is 2. The standard InChI is InChI=1S/C28H29Cl2N5O5/c1-6-38-23(36)13-39-22-10-9-21-24(16(22)2)26(35-15-31-14-33-35)19(12-32-27(37)40-28(3,4)5)25(34-21)18-8-7-17(29)11-20(18)30/h7-11,14-15H,6,12-13H2,1-5H3,(H,32,37). The summed E-state index contributed by atoms with van der Waals surface area (Å²) in [7, 11) is 0. The molecule has 4 rings (SSSR count). The van der Waals surface area contributed by atoms with Gasteiger partial charge < -0.3 is 19.5 Å². The molecule has 0 aliphatic heterocycles. The summed E-state index contributed by atoms with van der Waals surface area (Å²) in [5.41, 5.74) is 2.92. The lowest BCUT2D eigenvalue weighted by molar-refractivity contribution is -0.145. The quantitative estimate of drug-likeness (QED) is 0.248. The summed E-state index contributed by atoms with van der Waals surface area (Å²) in [6.07, 6.45) is 2.35. The van der Waals surface area contributed by atoms with Crippen molar-refractivity contribution in [1.82, 2.24) is 25.1 Å². The average Bonchev–Trinajstić information content (AvgIpc) is 3.40. The third-order valence-electron chi connectivity index (χ3n) is 5.73. The zero-order chi connectivity index (χ0) is 29.0. The molecule has 40 heavy (non-hydrogen) atoms. The molecule has 12 heteroatoms. The molecule has 0 radical (unpaired) electrons. The Bertz CT molecular complexity index is 1550. The number of esters is 1. The number of rotatable bonds is 8. The van der Waals surface area contributed by atoms with Crippen molar-refractivity contribution in [3.8, 4) is 22.7 Å². The molecule has 4 aromatic rings. The lowest BCUT2D eigenvalue weighted by Gasteiger charge is -2.22. The minimum Gasteiger partial charge on any atom is -0.482 e. The summed E-state index contributed by atoms with van der Waals surface area (Å²) in [4.78, 5) is 33.7. The monoisotopic (exact) mass is 585 g/mol. The molecule has 0 aliphatic carbocycles. The van der Waals surface area contributed by atoms with Crippen molar-refractivity contribution in [2.45, 2.75) is 46.8 Å². The van der Waals surface area contributed by atoms with E-state index in [0.29, 0.717) is 54.8 Å². The van der Waals surface area contributed by atoms with Gasteiger partial charge in [0, 0.05) is 27.1 Å². The van der Waals surface area contributed by atoms with Crippen LogP contribution in [-0.4, -0.2) is 50.6 Å². The zero-order valence-corrected chi connectivity index (χ0v) is 24.3. The molecule has 0 unspecified atom stereocenters. The van der Waals surface area contributed by atoms with E-state index in [1.165, 1.54) is 6.33 Å². The molecule has 10 nitrogen and oxygen atoms in total. The Morgan fingerprint density at radius 2 is 1.90 bits per heavy atom. The van der Waals surface area contributed by atoms with Crippen LogP contribution in [0.4, 0.5) is 4.79 Å². The second kappa shape index (κ2) is 12.1. The molecular weight excluding hydrogens is 557 g/mol. The first-order valence-electron chi connectivity index (χ1n) is 12.5. The molecule has 0 spiro atoms. The molecule has 2 aromatic carbocycles. The first kappa shape index (κ1) is 29.1. The number of amides is 1. The fraction of sp³-hybridized carbons (Fsp3) is 0.321. The highest BCUT2D eigenvalue weighted by Gasteiger charge is 2.24. The van der Waals surface area contributed by atoms with Gasteiger partial charge in [0.15, 0.2) is 6.61 Å². The van der Waals surface area contributed by atoms with Gasteiger partial charge in [-0.15, -0.1) is 0 Å². The van der Waals surface area contributed by atoms with Crippen LogP contribution in [0.2, 0.25) is 10.0 Å². The number of carbonyl (C=O) groups excluding carboxylic acids is 2. The van der Waals surface area contributed by atoms with Crippen LogP contribution in [0.15, 0.2) is 43.0 Å². The lowest BCUT2D eigenvalue weighted by Crippen LogP contribution is -2.32. The van der Waals surface area contributed by atoms with Crippen LogP contribution in [0.5, 0.6) is 5.75 Å². The summed E-state index contributed by atoms with van der Waals surface area (Å²) >= 11 is 12.8. The number of ether oxygens (including phenoxy) is 3. The maximum atomic E-state index is 12.7. The second-order valence-corrected chi connectivity index (χ2v) is 10.6. The van der Waals surface area contributed by atoms with Gasteiger partial charge in [-0.25, -0.2) is 24.2 Å². The van der Waals surface area contributed by atoms with E-state index in [0.717, 1.165) is 0 Å². The minimum absolute atomic E-state index is 0.0225. The molecule has 2 aromatic heterocycles. The summed E-state index contributed by atoms with van der Waals surface area (Å²) in [5, 5.41) is 8.75. The van der Waals surface area contributed by atoms with Crippen LogP contribution < -0.4 is 10.1 Å². The highest BCUT2D eigenvalue weighted by molar-refractivity contribution is 6.36. The normalized spacial score (nSPS) is 11.4. The smallest absolute Gasteiger partial charge is 0.407 e. The Labute approximate surface area is 241 Å². The maximum Gasteiger partial charge on any atom is 0.407 e. The van der Waals surface area contributed by atoms with E-state index in [2.05, 4.69) is 15.4 Å². The van der Waals surface area contributed by atoms with Crippen molar-refractivity contribution in [3.05, 3.63) is 64.2 Å². The molecular formula is C28H29Cl2N5O5. The van der Waals surface area contributed by atoms with Gasteiger partial charge in [-0.1, -0.05) is 23.2 Å². The largest absolute Gasteiger partial charge is 0.482 e. The fourth-order valence-electron chi connectivity index (χ4n) is 4.14. The van der Waals surface area contributed by atoms with Gasteiger partial charge in [0.2, 0.25) is 0 Å². The highest BCUT2D eigenvalue weighted by Crippen LogP contribution is 2.39. The zero-order valence-electron chi connectivity index (χ0n) is 22.7. The van der Waals surface area contributed by atoms with Crippen molar-refractivity contribution in [3.63, 3.8) is 0 Å². The summed E-state index contributed by atoms with van der Waals surface area (Å²) in [5.74, 6) is -0.0151. The SMILES string of the molecule is CCOC(=O)COc1ccc2nc(-c3ccc(Cl)cc3Cl)c(CNC(=O)OC(C)(C)C)c(-n3cncn3)c2c1C. The Balaban J connectivity index is 1.95. The lowest BCUT2D eigenvalue weighted by atomic mass is 9.97. The number of carbonyl (C=O) groups is 2. The van der Waals surface area contributed by atoms with E-state index >= 15 is 0 Å². The van der Waals surface area contributed by atoms with Crippen LogP contribution >= 0.6 is 23.2 Å². The fourth-order valence-corrected chi connectivity index (χ4v) is 4.64. The van der Waals surface area contributed by atoms with E-state index in [9.17, 15) is 9.59 Å². The molecule has 1 amide bonds. The number of pyridine rings is 1. The average molecular weight is 586 g/mol. The van der Waals surface area contributed by atoms with Gasteiger partial charge in [-0.2, -0.15) is 5.10 Å². The Morgan fingerprint density at radius 1 is 1.12 bits per heavy atom. The number of aryl methyl sites for hydroxylation is 1. The number of benzene rings is 2. The molecule has 1 N–H and O–H groups in total. The Hall–Kier alpha value is -3.89. The molecule has 0 fully saturated rings. The summed E-state index contributed by atoms with van der Waals surface area (Å²) in [6, 6.07) is 8.63. The summed E-state index contributed by atoms with van der Waals surface area (Å²) in [6.45, 7) is 8.95. The van der Waals surface area contributed by atoms with Gasteiger partial charge in [0.25, 0.3) is 0 Å². The highest BCUT2D eigenvalue weighted by atomic mass is 35.5. The van der Waals surface area contributed by atoms with Crippen molar-refractivity contribution >= 4 is 46.2 Å². The molecule has 0 saturated carbocycles. The van der Waals surface area contributed by atoms with Gasteiger partial charge >= 0.3 is 12.1 Å². The van der Waals surface area contributed by atoms with Gasteiger partial charge in [-0.3, -0.25) is 0 Å². The first-order valence-corrected chi connectivity index (χ1v) is 13.3. The van der Waals surface area contributed by atoms with Crippen LogP contribution in [-0.2, 0) is 20.8 Å². The number of fused-ring (bicyclic) bond motifs is 1. The number of aromatic nitrogens is 4. The van der Waals surface area contributed by atoms with E-state index in [-0.39, 0.29) is 19.8 Å². The number of hydrogen-bond donors (Lipinski definition) is 1. The predicted molar refractivity (Wildman–Crippen MR) is 152 cm³/mol. The topological polar surface area (TPSA) is 117 Å². The van der Waals surface area contributed by atoms with Crippen LogP contribution in [0, 0.1) is 6.92 Å². The maximum absolute atomic E-state index is 12.7. The molecule has 0 bridgehead atoms. The van der Waals surface area contributed by atoms with Crippen LogP contribution in [0.1, 0.15) is 38.8 Å². The molecule has 0 saturated heterocycles. The van der Waals surface area contributed by atoms with Gasteiger partial charge in [0.1, 0.15) is 24.0 Å². The third-order valence-corrected chi connectivity index (χ3v) is 6.28. The van der Waals surface area contributed by atoms with Gasteiger partial charge in [0.05, 0.1) is 35.1 Å². The van der Waals surface area contributed by atoms with Crippen molar-refractivity contribution in [1.29, 1.82) is 0 Å². The van der Waals surface area contributed by atoms with E-state index in [4.69, 9.17) is 42.4 Å². The number of alkyl carbamates (subject to hydrolysis) is 1. The predicted octanol–water partition coefficient (Wildman–Crippen LogP) is 6.06.